The molecule has 0 saturated carbocycles. The van der Waals surface area contributed by atoms with Crippen molar-refractivity contribution < 1.29 is 9.53 Å². The summed E-state index contributed by atoms with van der Waals surface area (Å²) in [5.74, 6) is 1.14. The number of hydrogen-bond donors (Lipinski definition) is 0. The first-order valence-electron chi connectivity index (χ1n) is 5.84. The number of ketones is 1. The van der Waals surface area contributed by atoms with Crippen molar-refractivity contribution >= 4 is 5.78 Å². The highest BCUT2D eigenvalue weighted by Gasteiger charge is 2.18. The third-order valence-electron chi connectivity index (χ3n) is 3.28. The van der Waals surface area contributed by atoms with Crippen LogP contribution in [0.25, 0.3) is 0 Å². The molecule has 1 aromatic rings. The van der Waals surface area contributed by atoms with Gasteiger partial charge < -0.3 is 4.74 Å². The van der Waals surface area contributed by atoms with E-state index in [1.165, 1.54) is 5.56 Å². The number of ether oxygens (including phenoxy) is 1. The van der Waals surface area contributed by atoms with Gasteiger partial charge in [0.25, 0.3) is 0 Å². The number of carbonyl (C=O) groups excluding carboxylic acids is 1. The van der Waals surface area contributed by atoms with E-state index in [-0.39, 0.29) is 5.78 Å². The Bertz CT molecular complexity index is 472. The molecule has 0 amide bonds. The number of benzene rings is 1. The largest absolute Gasteiger partial charge is 0.493 e. The number of rotatable bonds is 2. The summed E-state index contributed by atoms with van der Waals surface area (Å²) < 4.78 is 5.43. The summed E-state index contributed by atoms with van der Waals surface area (Å²) in [6, 6.07) is 5.79. The van der Waals surface area contributed by atoms with Crippen molar-refractivity contribution in [2.75, 3.05) is 6.61 Å². The summed E-state index contributed by atoms with van der Waals surface area (Å²) >= 11 is 0. The highest BCUT2D eigenvalue weighted by molar-refractivity contribution is 6.09. The molecule has 82 valence electrons. The molecule has 0 spiro atoms. The van der Waals surface area contributed by atoms with E-state index in [1.807, 2.05) is 18.2 Å². The zero-order valence-corrected chi connectivity index (χ0v) is 9.16. The highest BCUT2D eigenvalue weighted by Crippen LogP contribution is 2.28. The van der Waals surface area contributed by atoms with E-state index in [0.717, 1.165) is 49.2 Å². The number of allylic oxidation sites excluding steroid dienone is 2. The predicted molar refractivity (Wildman–Crippen MR) is 61.9 cm³/mol. The number of fused-ring (bicyclic) bond motifs is 1. The van der Waals surface area contributed by atoms with Crippen molar-refractivity contribution in [2.45, 2.75) is 25.7 Å². The molecule has 3 rings (SSSR count). The SMILES string of the molecule is O=C(C1=CCCC1)c1ccc2c(c1)CCO2. The normalized spacial score (nSPS) is 17.9. The average Bonchev–Trinajstić information content (AvgIpc) is 2.98. The van der Waals surface area contributed by atoms with Crippen LogP contribution in [0.3, 0.4) is 0 Å². The number of carbonyl (C=O) groups is 1. The third kappa shape index (κ3) is 1.54. The van der Waals surface area contributed by atoms with Gasteiger partial charge in [0.2, 0.25) is 0 Å². The topological polar surface area (TPSA) is 26.3 Å². The van der Waals surface area contributed by atoms with E-state index in [9.17, 15) is 4.79 Å². The molecule has 0 saturated heterocycles. The van der Waals surface area contributed by atoms with Crippen molar-refractivity contribution in [3.8, 4) is 5.75 Å². The van der Waals surface area contributed by atoms with E-state index >= 15 is 0 Å². The molecule has 2 aliphatic rings. The minimum absolute atomic E-state index is 0.201. The Balaban J connectivity index is 1.92. The van der Waals surface area contributed by atoms with E-state index in [0.29, 0.717) is 0 Å². The van der Waals surface area contributed by atoms with Crippen molar-refractivity contribution in [1.82, 2.24) is 0 Å². The summed E-state index contributed by atoms with van der Waals surface area (Å²) in [7, 11) is 0. The van der Waals surface area contributed by atoms with Crippen LogP contribution in [-0.2, 0) is 6.42 Å². The van der Waals surface area contributed by atoms with Crippen LogP contribution < -0.4 is 4.74 Å². The van der Waals surface area contributed by atoms with Gasteiger partial charge >= 0.3 is 0 Å². The van der Waals surface area contributed by atoms with Crippen LogP contribution in [0, 0.1) is 0 Å². The Labute approximate surface area is 94.9 Å². The highest BCUT2D eigenvalue weighted by atomic mass is 16.5. The van der Waals surface area contributed by atoms with Crippen LogP contribution in [-0.4, -0.2) is 12.4 Å². The molecule has 1 aliphatic heterocycles. The molecule has 0 bridgehead atoms. The molecule has 0 fully saturated rings. The van der Waals surface area contributed by atoms with Gasteiger partial charge in [-0.2, -0.15) is 0 Å². The van der Waals surface area contributed by atoms with Gasteiger partial charge in [0.15, 0.2) is 5.78 Å². The maximum absolute atomic E-state index is 12.1. The maximum atomic E-state index is 12.1. The molecule has 0 aromatic heterocycles. The zero-order chi connectivity index (χ0) is 11.0. The summed E-state index contributed by atoms with van der Waals surface area (Å²) in [5.41, 5.74) is 2.97. The van der Waals surface area contributed by atoms with Crippen LogP contribution in [0.15, 0.2) is 29.8 Å². The molecule has 16 heavy (non-hydrogen) atoms. The Morgan fingerprint density at radius 1 is 1.25 bits per heavy atom. The lowest BCUT2D eigenvalue weighted by atomic mass is 10.0. The minimum Gasteiger partial charge on any atom is -0.493 e. The Morgan fingerprint density at radius 3 is 3.00 bits per heavy atom. The van der Waals surface area contributed by atoms with Crippen LogP contribution in [0.5, 0.6) is 5.75 Å². The van der Waals surface area contributed by atoms with E-state index < -0.39 is 0 Å². The van der Waals surface area contributed by atoms with Gasteiger partial charge in [-0.25, -0.2) is 0 Å². The first-order valence-corrected chi connectivity index (χ1v) is 5.84. The van der Waals surface area contributed by atoms with Gasteiger partial charge in [-0.05, 0) is 48.6 Å². The lowest BCUT2D eigenvalue weighted by molar-refractivity contribution is 0.103. The second-order valence-corrected chi connectivity index (χ2v) is 4.37. The molecule has 1 aromatic carbocycles. The predicted octanol–water partition coefficient (Wildman–Crippen LogP) is 2.91. The molecule has 0 N–H and O–H groups in total. The molecular weight excluding hydrogens is 200 g/mol. The molecular formula is C14H14O2. The Morgan fingerprint density at radius 2 is 2.19 bits per heavy atom. The summed E-state index contributed by atoms with van der Waals surface area (Å²) in [6.45, 7) is 0.746. The van der Waals surface area contributed by atoms with Crippen LogP contribution in [0.4, 0.5) is 0 Å². The standard InChI is InChI=1S/C14H14O2/c15-14(10-3-1-2-4-10)12-5-6-13-11(9-12)7-8-16-13/h3,5-6,9H,1-2,4,7-8H2. The van der Waals surface area contributed by atoms with E-state index in [2.05, 4.69) is 6.08 Å². The van der Waals surface area contributed by atoms with Gasteiger partial charge in [0.05, 0.1) is 6.61 Å². The van der Waals surface area contributed by atoms with Crippen LogP contribution in [0.1, 0.15) is 35.2 Å². The van der Waals surface area contributed by atoms with Gasteiger partial charge in [-0.3, -0.25) is 4.79 Å². The van der Waals surface area contributed by atoms with E-state index in [1.54, 1.807) is 0 Å². The first kappa shape index (κ1) is 9.64. The van der Waals surface area contributed by atoms with Gasteiger partial charge in [-0.1, -0.05) is 6.08 Å². The second kappa shape index (κ2) is 3.78. The zero-order valence-electron chi connectivity index (χ0n) is 9.16. The number of Topliss-reactive ketones (excluding diaryl/α,β-unsaturated/α-hetero) is 1. The first-order chi connectivity index (χ1) is 7.84. The lowest BCUT2D eigenvalue weighted by Crippen LogP contribution is -2.01. The second-order valence-electron chi connectivity index (χ2n) is 4.37. The summed E-state index contributed by atoms with van der Waals surface area (Å²) in [6.07, 6.45) is 6.11. The van der Waals surface area contributed by atoms with Crippen molar-refractivity contribution in [3.63, 3.8) is 0 Å². The Kier molecular flexibility index (Phi) is 2.28. The third-order valence-corrected chi connectivity index (χ3v) is 3.28. The summed E-state index contributed by atoms with van der Waals surface area (Å²) in [4.78, 5) is 12.1. The summed E-state index contributed by atoms with van der Waals surface area (Å²) in [5, 5.41) is 0. The average molecular weight is 214 g/mol. The molecule has 0 radical (unpaired) electrons. The molecule has 0 unspecified atom stereocenters. The minimum atomic E-state index is 0.201. The van der Waals surface area contributed by atoms with Crippen molar-refractivity contribution in [1.29, 1.82) is 0 Å². The molecule has 1 aliphatic carbocycles. The van der Waals surface area contributed by atoms with Crippen LogP contribution in [0.2, 0.25) is 0 Å². The van der Waals surface area contributed by atoms with Gasteiger partial charge in [0.1, 0.15) is 5.75 Å². The quantitative estimate of drug-likeness (QED) is 0.707. The fourth-order valence-corrected chi connectivity index (χ4v) is 2.39. The molecule has 0 atom stereocenters. The molecule has 2 heteroatoms. The Hall–Kier alpha value is -1.57. The van der Waals surface area contributed by atoms with Gasteiger partial charge in [0, 0.05) is 12.0 Å². The molecule has 1 heterocycles. The fourth-order valence-electron chi connectivity index (χ4n) is 2.39. The van der Waals surface area contributed by atoms with E-state index in [4.69, 9.17) is 4.74 Å². The monoisotopic (exact) mass is 214 g/mol. The lowest BCUT2D eigenvalue weighted by Gasteiger charge is -2.04. The van der Waals surface area contributed by atoms with Gasteiger partial charge in [-0.15, -0.1) is 0 Å². The maximum Gasteiger partial charge on any atom is 0.188 e. The number of hydrogen-bond acceptors (Lipinski definition) is 2. The molecule has 2 nitrogen and oxygen atoms in total. The van der Waals surface area contributed by atoms with Crippen LogP contribution >= 0.6 is 0 Å². The van der Waals surface area contributed by atoms with Crippen molar-refractivity contribution in [3.05, 3.63) is 41.0 Å². The fraction of sp³-hybridized carbons (Fsp3) is 0.357. The smallest absolute Gasteiger partial charge is 0.188 e. The van der Waals surface area contributed by atoms with Crippen molar-refractivity contribution in [2.24, 2.45) is 0 Å².